The summed E-state index contributed by atoms with van der Waals surface area (Å²) in [4.78, 5) is 17.1. The quantitative estimate of drug-likeness (QED) is 0.0473. The summed E-state index contributed by atoms with van der Waals surface area (Å²) in [6.45, 7) is 11.2. The first-order valence-corrected chi connectivity index (χ1v) is 28.5. The van der Waals surface area contributed by atoms with Crippen molar-refractivity contribution in [3.05, 3.63) is 117 Å². The van der Waals surface area contributed by atoms with E-state index in [-0.39, 0.29) is 115 Å². The first kappa shape index (κ1) is 44.1. The minimum absolute atomic E-state index is 0.0345. The number of sulfone groups is 2. The van der Waals surface area contributed by atoms with Crippen LogP contribution < -0.4 is 41.4 Å². The minimum atomic E-state index is -4.07. The highest BCUT2D eigenvalue weighted by Gasteiger charge is 2.27. The number of piperidine rings is 2. The van der Waals surface area contributed by atoms with Crippen molar-refractivity contribution in [2.75, 3.05) is 40.8 Å². The number of benzene rings is 4. The van der Waals surface area contributed by atoms with E-state index in [1.54, 1.807) is 63.2 Å². The molecule has 0 saturated carbocycles. The van der Waals surface area contributed by atoms with E-state index in [1.807, 2.05) is 13.8 Å². The number of hydrogen-bond donors (Lipinski definition) is 6. The molecule has 414 valence electrons. The standard InChI is InChI=1S/C29H38ClN5O3S.C28H36ClN5O3S/c1-17(2)38-26-15-22(21-11-12-31-20(6)14-21)19(5)13-25(26)34-29-32-16-23(30)28(35-29)33-24-9-7-8-10-27(24)39(36,37)18(3)4;1-17(2)37-25-15-21(20-10-12-30-13-11-20)19(5)14-24(25)33-28-31-16-22(29)27(34-28)32-23-8-6-7-9-26(23)38(35,36)18(3)4/h7-10,13,15-18,20-21,31H,11-12,14H2,1-6H3,(H2,32,33,34,35);6-9,14-18,20,30H,10-13H2,1-5H3,(H2,31,32,33,34)/i12D2,13D,18D,20D;12D2,13D2,14D,17D,18D. The molecule has 0 spiro atoms. The van der Waals surface area contributed by atoms with E-state index in [4.69, 9.17) is 49.1 Å². The van der Waals surface area contributed by atoms with Crippen LogP contribution >= 0.6 is 23.2 Å². The van der Waals surface area contributed by atoms with Gasteiger partial charge >= 0.3 is 0 Å². The number of ether oxygens (including phenoxy) is 2. The average Bonchev–Trinajstić information content (AvgIpc) is 0.833. The van der Waals surface area contributed by atoms with E-state index >= 15 is 0 Å². The molecule has 2 unspecified atom stereocenters. The first-order valence-electron chi connectivity index (χ1n) is 30.7. The Labute approximate surface area is 482 Å². The van der Waals surface area contributed by atoms with Gasteiger partial charge in [-0.15, -0.1) is 0 Å². The summed E-state index contributed by atoms with van der Waals surface area (Å²) in [5, 5.41) is 13.6. The van der Waals surface area contributed by atoms with Gasteiger partial charge in [0.25, 0.3) is 0 Å². The molecule has 6 aromatic rings. The van der Waals surface area contributed by atoms with E-state index in [0.29, 0.717) is 28.9 Å². The van der Waals surface area contributed by atoms with Crippen LogP contribution in [0.2, 0.25) is 10.0 Å². The zero-order valence-corrected chi connectivity index (χ0v) is 47.9. The predicted octanol–water partition coefficient (Wildman–Crippen LogP) is 13.1. The molecule has 2 fully saturated rings. The second-order valence-corrected chi connectivity index (χ2v) is 24.6. The normalized spacial score (nSPS) is 21.9. The van der Waals surface area contributed by atoms with Gasteiger partial charge in [-0.2, -0.15) is 9.97 Å². The molecule has 2 aliphatic heterocycles. The lowest BCUT2D eigenvalue weighted by molar-refractivity contribution is 0.243. The fourth-order valence-electron chi connectivity index (χ4n) is 8.26. The fourth-order valence-corrected chi connectivity index (χ4v) is 10.8. The van der Waals surface area contributed by atoms with E-state index < -0.39 is 67.6 Å². The average molecular weight is 1140 g/mol. The predicted molar refractivity (Wildman–Crippen MR) is 313 cm³/mol. The Morgan fingerprint density at radius 1 is 0.662 bits per heavy atom. The molecule has 20 heteroatoms. The van der Waals surface area contributed by atoms with Crippen LogP contribution in [0.3, 0.4) is 0 Å². The number of aromatic nitrogens is 4. The zero-order chi connectivity index (χ0) is 66.6. The van der Waals surface area contributed by atoms with Gasteiger partial charge in [-0.1, -0.05) is 47.5 Å². The molecule has 0 radical (unpaired) electrons. The molecule has 2 aromatic heterocycles. The lowest BCUT2D eigenvalue weighted by Crippen LogP contribution is -2.35. The molecule has 4 aromatic carbocycles. The summed E-state index contributed by atoms with van der Waals surface area (Å²) in [5.74, 6) is -0.308. The van der Waals surface area contributed by atoms with Crippen LogP contribution in [0.1, 0.15) is 139 Å². The molecule has 2 aliphatic rings. The number of nitrogens with one attached hydrogen (secondary N) is 6. The summed E-state index contributed by atoms with van der Waals surface area (Å²) < 4.78 is 165. The van der Waals surface area contributed by atoms with Gasteiger partial charge in [0.2, 0.25) is 11.9 Å². The van der Waals surface area contributed by atoms with Crippen molar-refractivity contribution in [3.63, 3.8) is 0 Å². The highest BCUT2D eigenvalue weighted by atomic mass is 35.5. The van der Waals surface area contributed by atoms with Crippen LogP contribution in [0, 0.1) is 13.8 Å². The Bertz CT molecular complexity index is 3840. The third-order valence-corrected chi connectivity index (χ3v) is 16.7. The number of halogens is 2. The number of rotatable bonds is 18. The van der Waals surface area contributed by atoms with E-state index in [0.717, 1.165) is 5.56 Å². The second-order valence-electron chi connectivity index (χ2n) is 19.2. The topological polar surface area (TPSA) is 210 Å². The number of anilines is 8. The second kappa shape index (κ2) is 25.8. The SMILES string of the molecule is [2H]c1c(C)c(C2CC([2H])([2H])NC([2H])(C)C2)cc(OC(C)C)c1Nc1ncc(Cl)c(Nc2ccccc2S(=O)(=O)C([2H])(C)C)n1.[2H]c1c(C)c(C2CC([2H])([2H])NC([2H])([2H])C2)cc(OC([2H])(C)C)c1Nc1ncc(Cl)c(Nc2ccccc2S(=O)(=O)C([2H])(C)C)n1. The van der Waals surface area contributed by atoms with Crippen LogP contribution in [0.4, 0.5) is 46.3 Å². The van der Waals surface area contributed by atoms with Crippen LogP contribution in [0.15, 0.2) is 94.9 Å². The Kier molecular flexibility index (Phi) is 14.8. The van der Waals surface area contributed by atoms with E-state index in [9.17, 15) is 16.8 Å². The molecule has 0 aliphatic carbocycles. The summed E-state index contributed by atoms with van der Waals surface area (Å²) in [6, 6.07) is 14.5. The van der Waals surface area contributed by atoms with Crippen molar-refractivity contribution >= 4 is 89.2 Å². The maximum Gasteiger partial charge on any atom is 0.229 e. The summed E-state index contributed by atoms with van der Waals surface area (Å²) in [7, 11) is -8.10. The van der Waals surface area contributed by atoms with Gasteiger partial charge in [-0.05, 0) is 204 Å². The molecule has 16 nitrogen and oxygen atoms in total. The Morgan fingerprint density at radius 2 is 1.10 bits per heavy atom. The van der Waals surface area contributed by atoms with Crippen LogP contribution in [0.25, 0.3) is 0 Å². The number of nitrogens with zero attached hydrogens (tertiary/aromatic N) is 4. The van der Waals surface area contributed by atoms with Gasteiger partial charge in [0.1, 0.15) is 21.5 Å². The molecule has 0 amide bonds. The van der Waals surface area contributed by atoms with Gasteiger partial charge in [-0.25, -0.2) is 26.8 Å². The molecular weight excluding hydrogens is 1060 g/mol. The van der Waals surface area contributed by atoms with Crippen molar-refractivity contribution in [3.8, 4) is 11.5 Å². The van der Waals surface area contributed by atoms with Gasteiger partial charge in [-0.3, -0.25) is 0 Å². The lowest BCUT2D eigenvalue weighted by atomic mass is 9.84. The van der Waals surface area contributed by atoms with E-state index in [1.165, 1.54) is 72.1 Å². The maximum atomic E-state index is 13.1. The van der Waals surface area contributed by atoms with Gasteiger partial charge in [0.15, 0.2) is 31.3 Å². The third kappa shape index (κ3) is 14.9. The Hall–Kier alpha value is -5.76. The van der Waals surface area contributed by atoms with Crippen molar-refractivity contribution in [2.45, 2.75) is 152 Å². The highest BCUT2D eigenvalue weighted by molar-refractivity contribution is 7.92. The Balaban J connectivity index is 0.000000254. The summed E-state index contributed by atoms with van der Waals surface area (Å²) in [5.41, 5.74) is 3.05. The monoisotopic (exact) mass is 1140 g/mol. The minimum Gasteiger partial charge on any atom is -0.489 e. The fraction of sp³-hybridized carbons (Fsp3) is 0.439. The van der Waals surface area contributed by atoms with Crippen LogP contribution in [-0.2, 0) is 19.7 Å². The van der Waals surface area contributed by atoms with Crippen molar-refractivity contribution < 1.29 is 42.8 Å². The molecule has 0 bridgehead atoms. The molecule has 2 atom stereocenters. The van der Waals surface area contributed by atoms with E-state index in [2.05, 4.69) is 51.8 Å². The molecular formula is C57H74Cl2N10O6S2. The third-order valence-electron chi connectivity index (χ3n) is 12.1. The molecule has 8 rings (SSSR count). The molecule has 2 saturated heterocycles. The summed E-state index contributed by atoms with van der Waals surface area (Å²) >= 11 is 12.8. The number of para-hydroxylation sites is 2. The Morgan fingerprint density at radius 3 is 1.55 bits per heavy atom. The molecule has 4 heterocycles. The smallest absolute Gasteiger partial charge is 0.229 e. The largest absolute Gasteiger partial charge is 0.489 e. The number of hydrogen-bond acceptors (Lipinski definition) is 16. The van der Waals surface area contributed by atoms with Gasteiger partial charge in [0, 0.05) is 18.4 Å². The van der Waals surface area contributed by atoms with Crippen LogP contribution in [0.5, 0.6) is 11.5 Å². The van der Waals surface area contributed by atoms with Gasteiger partial charge in [0.05, 0.1) is 71.7 Å². The maximum absolute atomic E-state index is 13.1. The van der Waals surface area contributed by atoms with Crippen molar-refractivity contribution in [2.24, 2.45) is 0 Å². The molecule has 77 heavy (non-hydrogen) atoms. The molecule has 6 N–H and O–H groups in total. The zero-order valence-electron chi connectivity index (χ0n) is 56.8. The highest BCUT2D eigenvalue weighted by Crippen LogP contribution is 2.40. The summed E-state index contributed by atoms with van der Waals surface area (Å²) in [6.07, 6.45) is 1.34. The van der Waals surface area contributed by atoms with Crippen molar-refractivity contribution in [1.82, 2.24) is 30.6 Å². The van der Waals surface area contributed by atoms with Gasteiger partial charge < -0.3 is 41.4 Å². The lowest BCUT2D eigenvalue weighted by Gasteiger charge is -2.30. The van der Waals surface area contributed by atoms with Crippen LogP contribution in [-0.4, -0.2) is 84.9 Å². The van der Waals surface area contributed by atoms with Crippen molar-refractivity contribution in [1.29, 1.82) is 0 Å². The first-order chi connectivity index (χ1) is 40.7.